The molecule has 0 radical (unpaired) electrons. The molecule has 1 unspecified atom stereocenters. The highest BCUT2D eigenvalue weighted by atomic mass is 16.4. The van der Waals surface area contributed by atoms with Gasteiger partial charge in [-0.1, -0.05) is 12.2 Å². The number of nitrogens with two attached hydrogens (primary N) is 1. The molecule has 0 aromatic carbocycles. The van der Waals surface area contributed by atoms with Gasteiger partial charge in [0.15, 0.2) is 0 Å². The van der Waals surface area contributed by atoms with Gasteiger partial charge in [-0.05, 0) is 54.9 Å². The third-order valence-electron chi connectivity index (χ3n) is 5.52. The van der Waals surface area contributed by atoms with Crippen LogP contribution in [0.2, 0.25) is 0 Å². The predicted molar refractivity (Wildman–Crippen MR) is 60.7 cm³/mol. The molecule has 3 aliphatic rings. The highest BCUT2D eigenvalue weighted by Gasteiger charge is 2.67. The van der Waals surface area contributed by atoms with Gasteiger partial charge in [0.1, 0.15) is 0 Å². The molecule has 0 saturated heterocycles. The van der Waals surface area contributed by atoms with E-state index in [2.05, 4.69) is 6.58 Å². The van der Waals surface area contributed by atoms with Crippen LogP contribution >= 0.6 is 0 Å². The van der Waals surface area contributed by atoms with E-state index in [1.165, 1.54) is 12.0 Å². The molecule has 0 aliphatic heterocycles. The smallest absolute Gasteiger partial charge is 0.303 e. The third-order valence-corrected chi connectivity index (χ3v) is 5.52. The third kappa shape index (κ3) is 1.000. The molecule has 3 fully saturated rings. The lowest BCUT2D eigenvalue weighted by molar-refractivity contribution is -0.153. The normalized spacial score (nSPS) is 48.9. The van der Waals surface area contributed by atoms with Crippen LogP contribution in [0.4, 0.5) is 0 Å². The van der Waals surface area contributed by atoms with Crippen LogP contribution in [0.25, 0.3) is 0 Å². The fourth-order valence-electron chi connectivity index (χ4n) is 4.85. The summed E-state index contributed by atoms with van der Waals surface area (Å²) < 4.78 is 0. The van der Waals surface area contributed by atoms with Crippen molar-refractivity contribution >= 4 is 5.97 Å². The highest BCUT2D eigenvalue weighted by molar-refractivity contribution is 5.68. The molecule has 3 aliphatic carbocycles. The maximum absolute atomic E-state index is 11.0. The van der Waals surface area contributed by atoms with Gasteiger partial charge in [0.25, 0.3) is 0 Å². The maximum Gasteiger partial charge on any atom is 0.303 e. The number of hydrogen-bond donors (Lipinski definition) is 2. The standard InChI is InChI=1S/C13H19NO2/c1-7-8-2-3-9-12(7)10(4-8)13(9,6-14)5-11(15)16/h8-10,12H,1-6,14H2,(H,15,16)/t8-,9?,10+,12+,13+/m1/s1. The summed E-state index contributed by atoms with van der Waals surface area (Å²) in [6.45, 7) is 4.74. The summed E-state index contributed by atoms with van der Waals surface area (Å²) in [5.74, 6) is 1.59. The molecule has 0 spiro atoms. The van der Waals surface area contributed by atoms with E-state index in [1.54, 1.807) is 0 Å². The van der Waals surface area contributed by atoms with Crippen LogP contribution in [0.5, 0.6) is 0 Å². The molecule has 3 N–H and O–H groups in total. The Morgan fingerprint density at radius 3 is 2.88 bits per heavy atom. The van der Waals surface area contributed by atoms with E-state index in [1.807, 2.05) is 0 Å². The van der Waals surface area contributed by atoms with Gasteiger partial charge in [0, 0.05) is 0 Å². The van der Waals surface area contributed by atoms with E-state index in [0.29, 0.717) is 30.2 Å². The minimum absolute atomic E-state index is 0.106. The number of hydrogen-bond acceptors (Lipinski definition) is 2. The van der Waals surface area contributed by atoms with E-state index < -0.39 is 5.97 Å². The first-order chi connectivity index (χ1) is 7.60. The van der Waals surface area contributed by atoms with Crippen LogP contribution in [-0.4, -0.2) is 17.6 Å². The van der Waals surface area contributed by atoms with Gasteiger partial charge in [-0.25, -0.2) is 0 Å². The second kappa shape index (κ2) is 3.10. The first-order valence-corrected chi connectivity index (χ1v) is 6.20. The Morgan fingerprint density at radius 2 is 2.25 bits per heavy atom. The first kappa shape index (κ1) is 10.3. The van der Waals surface area contributed by atoms with Crippen LogP contribution in [0, 0.1) is 29.1 Å². The molecular formula is C13H19NO2. The van der Waals surface area contributed by atoms with Crippen molar-refractivity contribution in [3.63, 3.8) is 0 Å². The van der Waals surface area contributed by atoms with Crippen LogP contribution in [0.1, 0.15) is 25.7 Å². The van der Waals surface area contributed by atoms with Crippen molar-refractivity contribution in [3.8, 4) is 0 Å². The molecule has 0 aromatic rings. The van der Waals surface area contributed by atoms with Gasteiger partial charge in [0.05, 0.1) is 6.42 Å². The second-order valence-corrected chi connectivity index (χ2v) is 5.83. The summed E-state index contributed by atoms with van der Waals surface area (Å²) >= 11 is 0. The fraction of sp³-hybridized carbons (Fsp3) is 0.769. The van der Waals surface area contributed by atoms with Crippen LogP contribution < -0.4 is 5.73 Å². The minimum atomic E-state index is -0.690. The van der Waals surface area contributed by atoms with Crippen LogP contribution in [-0.2, 0) is 4.79 Å². The average Bonchev–Trinajstić information content (AvgIpc) is 2.44. The molecule has 16 heavy (non-hydrogen) atoms. The lowest BCUT2D eigenvalue weighted by Gasteiger charge is -2.59. The maximum atomic E-state index is 11.0. The van der Waals surface area contributed by atoms with Crippen molar-refractivity contribution < 1.29 is 9.90 Å². The minimum Gasteiger partial charge on any atom is -0.481 e. The number of carbonyl (C=O) groups is 1. The molecule has 88 valence electrons. The number of aliphatic carboxylic acids is 1. The van der Waals surface area contributed by atoms with Crippen molar-refractivity contribution in [3.05, 3.63) is 12.2 Å². The Labute approximate surface area is 95.7 Å². The van der Waals surface area contributed by atoms with Crippen molar-refractivity contribution in [2.24, 2.45) is 34.8 Å². The molecule has 0 amide bonds. The zero-order valence-electron chi connectivity index (χ0n) is 9.48. The van der Waals surface area contributed by atoms with E-state index in [9.17, 15) is 4.79 Å². The largest absolute Gasteiger partial charge is 0.481 e. The average molecular weight is 221 g/mol. The summed E-state index contributed by atoms with van der Waals surface area (Å²) in [4.78, 5) is 11.0. The molecule has 0 aromatic heterocycles. The summed E-state index contributed by atoms with van der Waals surface area (Å²) in [6, 6.07) is 0. The summed E-state index contributed by atoms with van der Waals surface area (Å²) in [6.07, 6.45) is 3.77. The lowest BCUT2D eigenvalue weighted by atomic mass is 9.45. The Morgan fingerprint density at radius 1 is 1.50 bits per heavy atom. The van der Waals surface area contributed by atoms with Crippen molar-refractivity contribution in [1.29, 1.82) is 0 Å². The summed E-state index contributed by atoms with van der Waals surface area (Å²) in [5, 5.41) is 9.08. The monoisotopic (exact) mass is 221 g/mol. The Bertz CT molecular complexity index is 357. The molecular weight excluding hydrogens is 202 g/mol. The summed E-state index contributed by atoms with van der Waals surface area (Å²) in [5.41, 5.74) is 7.20. The zero-order chi connectivity index (χ0) is 11.5. The SMILES string of the molecule is C=C1[C@@H]2CCC3[C@H]1[C@H](C2)[C@]3(CN)CC(=O)O. The van der Waals surface area contributed by atoms with E-state index in [0.717, 1.165) is 12.8 Å². The number of rotatable bonds is 3. The van der Waals surface area contributed by atoms with E-state index in [-0.39, 0.29) is 11.8 Å². The summed E-state index contributed by atoms with van der Waals surface area (Å²) in [7, 11) is 0. The van der Waals surface area contributed by atoms with Crippen molar-refractivity contribution in [1.82, 2.24) is 0 Å². The molecule has 0 heterocycles. The number of carboxylic acid groups (broad SMARTS) is 1. The van der Waals surface area contributed by atoms with E-state index >= 15 is 0 Å². The zero-order valence-corrected chi connectivity index (χ0v) is 9.48. The fourth-order valence-corrected chi connectivity index (χ4v) is 4.85. The lowest BCUT2D eigenvalue weighted by Crippen LogP contribution is -2.59. The molecule has 3 nitrogen and oxygen atoms in total. The van der Waals surface area contributed by atoms with Gasteiger partial charge >= 0.3 is 5.97 Å². The van der Waals surface area contributed by atoms with Gasteiger partial charge < -0.3 is 10.8 Å². The molecule has 3 rings (SSSR count). The quantitative estimate of drug-likeness (QED) is 0.712. The molecule has 2 bridgehead atoms. The molecule has 5 atom stereocenters. The Kier molecular flexibility index (Phi) is 2.00. The predicted octanol–water partition coefficient (Wildman–Crippen LogP) is 1.64. The second-order valence-electron chi connectivity index (χ2n) is 5.83. The van der Waals surface area contributed by atoms with Crippen LogP contribution in [0.15, 0.2) is 12.2 Å². The van der Waals surface area contributed by atoms with Gasteiger partial charge in [-0.3, -0.25) is 4.79 Å². The van der Waals surface area contributed by atoms with Gasteiger partial charge in [0.2, 0.25) is 0 Å². The number of carboxylic acids is 1. The molecule has 3 saturated carbocycles. The topological polar surface area (TPSA) is 63.3 Å². The number of fused-ring (bicyclic) bond motifs is 1. The van der Waals surface area contributed by atoms with Crippen molar-refractivity contribution in [2.45, 2.75) is 25.7 Å². The van der Waals surface area contributed by atoms with Gasteiger partial charge in [-0.15, -0.1) is 0 Å². The van der Waals surface area contributed by atoms with Gasteiger partial charge in [-0.2, -0.15) is 0 Å². The van der Waals surface area contributed by atoms with Crippen LogP contribution in [0.3, 0.4) is 0 Å². The van der Waals surface area contributed by atoms with Crippen molar-refractivity contribution in [2.75, 3.05) is 6.54 Å². The Balaban J connectivity index is 1.93. The first-order valence-electron chi connectivity index (χ1n) is 6.20. The van der Waals surface area contributed by atoms with E-state index in [4.69, 9.17) is 10.8 Å². The molecule has 3 heteroatoms. The number of allylic oxidation sites excluding steroid dienone is 1. The Hall–Kier alpha value is -0.830. The highest BCUT2D eigenvalue weighted by Crippen LogP contribution is 2.71.